The van der Waals surface area contributed by atoms with Crippen LogP contribution in [0.2, 0.25) is 0 Å². The van der Waals surface area contributed by atoms with Crippen molar-refractivity contribution in [1.29, 1.82) is 5.26 Å². The number of pyridine rings is 1. The number of hydrogen-bond donors (Lipinski definition) is 1. The van der Waals surface area contributed by atoms with Crippen molar-refractivity contribution in [2.75, 3.05) is 26.4 Å². The van der Waals surface area contributed by atoms with Crippen molar-refractivity contribution in [1.82, 2.24) is 29.6 Å². The summed E-state index contributed by atoms with van der Waals surface area (Å²) in [4.78, 5) is 35.0. The molecule has 0 spiro atoms. The van der Waals surface area contributed by atoms with Gasteiger partial charge in [0.1, 0.15) is 29.7 Å². The fourth-order valence-electron chi connectivity index (χ4n) is 4.32. The van der Waals surface area contributed by atoms with Gasteiger partial charge >= 0.3 is 138 Å². The predicted molar refractivity (Wildman–Crippen MR) is 142 cm³/mol. The fourth-order valence-corrected chi connectivity index (χ4v) is 4.32. The number of nitriles is 1. The molecule has 42 heavy (non-hydrogen) atoms. The average Bonchev–Trinajstić information content (AvgIpc) is 3.25. The van der Waals surface area contributed by atoms with Gasteiger partial charge in [-0.25, -0.2) is 14.6 Å². The van der Waals surface area contributed by atoms with Gasteiger partial charge in [0, 0.05) is 37.0 Å². The fraction of sp³-hybridized carbons (Fsp3) is 0.296. The number of carboxylic acid groups (broad SMARTS) is 2. The van der Waals surface area contributed by atoms with Crippen LogP contribution in [0.4, 0.5) is 10.6 Å². The molecule has 0 aliphatic heterocycles. The van der Waals surface area contributed by atoms with Gasteiger partial charge in [0.15, 0.2) is 5.65 Å². The SMILES string of the molecule is CCOc1c(C(C)n2nc(C)c3c(N)ncnc32)cc(C)c(C#N)c1-c1ccc(C(=O)N(C)C)nc1.O=C([O-])[O-].[Cs+].[Cs+]. The Morgan fingerprint density at radius 2 is 1.81 bits per heavy atom. The molecule has 1 atom stereocenters. The summed E-state index contributed by atoms with van der Waals surface area (Å²) >= 11 is 0. The molecule has 0 aliphatic rings. The van der Waals surface area contributed by atoms with Crippen LogP contribution < -0.4 is 158 Å². The summed E-state index contributed by atoms with van der Waals surface area (Å²) in [5, 5.41) is 32.1. The molecule has 0 aliphatic carbocycles. The second-order valence-corrected chi connectivity index (χ2v) is 8.95. The maximum atomic E-state index is 12.3. The van der Waals surface area contributed by atoms with Crippen molar-refractivity contribution in [3.05, 3.63) is 58.8 Å². The molecular formula is C27H28Cs2N8O5. The Kier molecular flexibility index (Phi) is 16.1. The van der Waals surface area contributed by atoms with Crippen LogP contribution in [0.1, 0.15) is 52.8 Å². The minimum Gasteiger partial charge on any atom is -0.652 e. The minimum atomic E-state index is -2.33. The first-order valence-corrected chi connectivity index (χ1v) is 12.1. The van der Waals surface area contributed by atoms with Gasteiger partial charge in [0.25, 0.3) is 5.91 Å². The molecule has 0 saturated carbocycles. The van der Waals surface area contributed by atoms with Crippen LogP contribution in [0, 0.1) is 25.2 Å². The van der Waals surface area contributed by atoms with Gasteiger partial charge in [-0.1, -0.05) is 6.07 Å². The van der Waals surface area contributed by atoms with E-state index in [2.05, 4.69) is 21.0 Å². The third kappa shape index (κ3) is 8.73. The van der Waals surface area contributed by atoms with E-state index in [1.165, 1.54) is 11.2 Å². The van der Waals surface area contributed by atoms with Crippen LogP contribution in [0.5, 0.6) is 5.75 Å². The van der Waals surface area contributed by atoms with Gasteiger partial charge in [0.2, 0.25) is 0 Å². The van der Waals surface area contributed by atoms with E-state index in [0.29, 0.717) is 51.6 Å². The zero-order valence-electron chi connectivity index (χ0n) is 24.9. The first-order valence-electron chi connectivity index (χ1n) is 12.1. The Balaban J connectivity index is 0.00000138. The monoisotopic (exact) mass is 810 g/mol. The van der Waals surface area contributed by atoms with Crippen LogP contribution in [-0.2, 0) is 0 Å². The molecule has 1 aromatic carbocycles. The first-order chi connectivity index (χ1) is 18.9. The van der Waals surface area contributed by atoms with Gasteiger partial charge in [-0.3, -0.25) is 9.78 Å². The normalized spacial score (nSPS) is 10.7. The van der Waals surface area contributed by atoms with Crippen molar-refractivity contribution in [2.24, 2.45) is 0 Å². The number of hydrogen-bond acceptors (Lipinski definition) is 11. The Hall–Kier alpha value is -1.15. The van der Waals surface area contributed by atoms with Crippen LogP contribution >= 0.6 is 0 Å². The number of carbonyl (C=O) groups excluding carboxylic acids is 2. The molecule has 13 nitrogen and oxygen atoms in total. The number of aryl methyl sites for hydroxylation is 2. The molecular weight excluding hydrogens is 782 g/mol. The molecule has 2 N–H and O–H groups in total. The largest absolute Gasteiger partial charge is 1.00 e. The predicted octanol–water partition coefficient (Wildman–Crippen LogP) is -4.77. The number of aromatic nitrogens is 5. The molecule has 208 valence electrons. The molecule has 4 aromatic rings. The minimum absolute atomic E-state index is 0. The second-order valence-electron chi connectivity index (χ2n) is 8.95. The van der Waals surface area contributed by atoms with E-state index in [1.54, 1.807) is 37.1 Å². The van der Waals surface area contributed by atoms with E-state index in [1.807, 2.05) is 33.8 Å². The van der Waals surface area contributed by atoms with Gasteiger partial charge in [0.05, 0.1) is 29.3 Å². The quantitative estimate of drug-likeness (QED) is 0.196. The van der Waals surface area contributed by atoms with Crippen molar-refractivity contribution in [3.63, 3.8) is 0 Å². The van der Waals surface area contributed by atoms with Crippen LogP contribution in [0.15, 0.2) is 30.7 Å². The molecule has 1 amide bonds. The maximum Gasteiger partial charge on any atom is 1.00 e. The van der Waals surface area contributed by atoms with Crippen molar-refractivity contribution in [2.45, 2.75) is 33.7 Å². The number of anilines is 1. The maximum absolute atomic E-state index is 12.3. The summed E-state index contributed by atoms with van der Waals surface area (Å²) in [7, 11) is 3.35. The Morgan fingerprint density at radius 1 is 1.17 bits per heavy atom. The number of amides is 1. The number of benzene rings is 1. The molecule has 1 unspecified atom stereocenters. The molecule has 0 fully saturated rings. The van der Waals surface area contributed by atoms with E-state index in [0.717, 1.165) is 16.8 Å². The molecule has 15 heteroatoms. The van der Waals surface area contributed by atoms with Gasteiger partial charge in [-0.15, -0.1) is 0 Å². The summed E-state index contributed by atoms with van der Waals surface area (Å²) in [6.07, 6.45) is 0.688. The number of nitrogens with two attached hydrogens (primary N) is 1. The number of ether oxygens (including phenoxy) is 1. The third-order valence-corrected chi connectivity index (χ3v) is 6.09. The van der Waals surface area contributed by atoms with Crippen molar-refractivity contribution in [3.8, 4) is 22.9 Å². The average molecular weight is 810 g/mol. The number of rotatable bonds is 6. The summed E-state index contributed by atoms with van der Waals surface area (Å²) in [6, 6.07) is 7.41. The van der Waals surface area contributed by atoms with Gasteiger partial charge in [-0.2, -0.15) is 10.4 Å². The number of nitrogen functional groups attached to an aromatic ring is 1. The van der Waals surface area contributed by atoms with Crippen LogP contribution in [0.25, 0.3) is 22.2 Å². The van der Waals surface area contributed by atoms with Crippen molar-refractivity contribution < 1.29 is 162 Å². The molecule has 0 saturated heterocycles. The topological polar surface area (TPSA) is 199 Å². The van der Waals surface area contributed by atoms with Gasteiger partial charge in [-0.05, 0) is 51.5 Å². The smallest absolute Gasteiger partial charge is 0.652 e. The van der Waals surface area contributed by atoms with E-state index in [-0.39, 0.29) is 150 Å². The first kappa shape index (κ1) is 38.9. The van der Waals surface area contributed by atoms with Gasteiger partial charge < -0.3 is 30.4 Å². The van der Waals surface area contributed by atoms with E-state index in [9.17, 15) is 10.1 Å². The standard InChI is InChI=1S/C26H28N8O2.CH2O3.2Cs/c1-7-36-23-18(16(4)34-25-21(15(3)32-34)24(28)30-13-31-25)10-14(2)19(11-27)22(23)17-8-9-20(29-12-17)26(35)33(5)6;2-1(3)4;;/h8-10,12-13,16H,7H2,1-6H3,(H2,28,30,31);(H2,2,3,4);;/q;;2*+1/p-2. The summed E-state index contributed by atoms with van der Waals surface area (Å²) < 4.78 is 7.97. The second kappa shape index (κ2) is 17.4. The zero-order chi connectivity index (χ0) is 29.7. The Labute approximate surface area is 361 Å². The Bertz CT molecular complexity index is 1610. The summed E-state index contributed by atoms with van der Waals surface area (Å²) in [5.41, 5.74) is 11.2. The molecule has 4 rings (SSSR count). The zero-order valence-corrected chi connectivity index (χ0v) is 37.5. The summed E-state index contributed by atoms with van der Waals surface area (Å²) in [5.74, 6) is 0.730. The number of fused-ring (bicyclic) bond motifs is 1. The molecule has 3 aromatic heterocycles. The number of carbonyl (C=O) groups is 2. The van der Waals surface area contributed by atoms with Crippen LogP contribution in [-0.4, -0.2) is 62.4 Å². The van der Waals surface area contributed by atoms with E-state index in [4.69, 9.17) is 30.6 Å². The van der Waals surface area contributed by atoms with E-state index >= 15 is 0 Å². The van der Waals surface area contributed by atoms with Crippen molar-refractivity contribution >= 4 is 28.9 Å². The molecule has 0 bridgehead atoms. The Morgan fingerprint density at radius 3 is 2.33 bits per heavy atom. The number of nitrogens with zero attached hydrogens (tertiary/aromatic N) is 7. The molecule has 3 heterocycles. The van der Waals surface area contributed by atoms with E-state index < -0.39 is 6.16 Å². The third-order valence-electron chi connectivity index (χ3n) is 6.09. The van der Waals surface area contributed by atoms with Crippen LogP contribution in [0.3, 0.4) is 0 Å². The summed E-state index contributed by atoms with van der Waals surface area (Å²) in [6.45, 7) is 8.03. The molecule has 0 radical (unpaired) electrons.